The Bertz CT molecular complexity index is 1040. The summed E-state index contributed by atoms with van der Waals surface area (Å²) in [5, 5.41) is 23.4. The van der Waals surface area contributed by atoms with Gasteiger partial charge in [0.05, 0.1) is 17.8 Å². The molecule has 11 nitrogen and oxygen atoms in total. The molecule has 0 aliphatic carbocycles. The lowest BCUT2D eigenvalue weighted by Crippen LogP contribution is -2.60. The number of esters is 1. The average Bonchev–Trinajstić information content (AvgIpc) is 2.96. The monoisotopic (exact) mass is 640 g/mol. The highest BCUT2D eigenvalue weighted by molar-refractivity contribution is 6.00. The smallest absolute Gasteiger partial charge is 0.316 e. The van der Waals surface area contributed by atoms with Gasteiger partial charge in [-0.15, -0.1) is 0 Å². The number of rotatable bonds is 4. The van der Waals surface area contributed by atoms with Gasteiger partial charge in [0.2, 0.25) is 0 Å². The maximum atomic E-state index is 14.1. The van der Waals surface area contributed by atoms with E-state index in [0.717, 1.165) is 0 Å². The van der Waals surface area contributed by atoms with Gasteiger partial charge in [-0.3, -0.25) is 14.4 Å². The number of ketones is 2. The standard InChI is InChI=1S/C34H60N2O9/c1-12-27-34(8,41)25-14-13-24(37)18-42-33(7,16-20(3)36(11)17-19(25)2)30(22(5)28(38)23(6)31(40)44-27)45-32-29(39)26(35(9)10)15-21(4)43-32/h19-23,25-27,29-30,32,39,41H,12-18H2,1-11H3/t19-,20+,21+,22-,23+,25+,26-,27+,29+,30+,32-,33+,34-/m0/s1. The number of fused-ring (bicyclic) bond motifs is 15. The molecule has 0 amide bonds. The number of hydrogen-bond donors (Lipinski definition) is 2. The predicted molar refractivity (Wildman–Crippen MR) is 169 cm³/mol. The van der Waals surface area contributed by atoms with Crippen LogP contribution in [0, 0.1) is 23.7 Å². The van der Waals surface area contributed by atoms with Crippen molar-refractivity contribution in [3.05, 3.63) is 0 Å². The lowest BCUT2D eigenvalue weighted by molar-refractivity contribution is -0.297. The Balaban J connectivity index is 2.19. The van der Waals surface area contributed by atoms with E-state index in [-0.39, 0.29) is 48.8 Å². The number of hydrogen-bond acceptors (Lipinski definition) is 11. The quantitative estimate of drug-likeness (QED) is 0.347. The van der Waals surface area contributed by atoms with Gasteiger partial charge < -0.3 is 39.0 Å². The lowest BCUT2D eigenvalue weighted by atomic mass is 9.73. The van der Waals surface area contributed by atoms with Crippen LogP contribution >= 0.6 is 0 Å². The third-order valence-electron chi connectivity index (χ3n) is 10.9. The molecule has 4 aliphatic heterocycles. The third kappa shape index (κ3) is 8.52. The summed E-state index contributed by atoms with van der Waals surface area (Å²) < 4.78 is 25.2. The molecule has 0 aromatic carbocycles. The van der Waals surface area contributed by atoms with Gasteiger partial charge >= 0.3 is 5.97 Å². The van der Waals surface area contributed by atoms with Crippen molar-refractivity contribution in [1.29, 1.82) is 0 Å². The van der Waals surface area contributed by atoms with E-state index in [2.05, 4.69) is 18.7 Å². The largest absolute Gasteiger partial charge is 0.459 e. The number of aliphatic hydroxyl groups excluding tert-OH is 1. The summed E-state index contributed by atoms with van der Waals surface area (Å²) in [6.07, 6.45) is -2.28. The highest BCUT2D eigenvalue weighted by Crippen LogP contribution is 2.40. The molecule has 4 saturated heterocycles. The molecule has 4 rings (SSSR count). The molecule has 11 heteroatoms. The lowest BCUT2D eigenvalue weighted by Gasteiger charge is -2.48. The molecular weight excluding hydrogens is 580 g/mol. The highest BCUT2D eigenvalue weighted by atomic mass is 16.7. The van der Waals surface area contributed by atoms with Crippen LogP contribution in [-0.2, 0) is 33.3 Å². The number of carbonyl (C=O) groups is 3. The van der Waals surface area contributed by atoms with Gasteiger partial charge in [-0.25, -0.2) is 0 Å². The molecule has 0 unspecified atom stereocenters. The minimum absolute atomic E-state index is 0.0509. The van der Waals surface area contributed by atoms with Crippen LogP contribution in [0.3, 0.4) is 0 Å². The molecule has 260 valence electrons. The van der Waals surface area contributed by atoms with E-state index in [0.29, 0.717) is 32.2 Å². The second-order valence-electron chi connectivity index (χ2n) is 14.9. The SMILES string of the molecule is CC[C@H]1OC(=O)[C@H](C)C(=O)[C@H](C)[C@@H](O[C@@H]2O[C@H](C)C[C@H](N(C)C)[C@H]2O)[C@@]2(C)C[C@@H](C)N(C)C[C@H](C)[C@@H](CCC(=O)CO2)[C@]1(C)O. The highest BCUT2D eigenvalue weighted by Gasteiger charge is 2.51. The molecule has 45 heavy (non-hydrogen) atoms. The van der Waals surface area contributed by atoms with Crippen LogP contribution in [0.15, 0.2) is 0 Å². The van der Waals surface area contributed by atoms with Gasteiger partial charge in [0.25, 0.3) is 0 Å². The van der Waals surface area contributed by atoms with Crippen molar-refractivity contribution in [1.82, 2.24) is 9.80 Å². The summed E-state index contributed by atoms with van der Waals surface area (Å²) >= 11 is 0. The predicted octanol–water partition coefficient (Wildman–Crippen LogP) is 2.83. The summed E-state index contributed by atoms with van der Waals surface area (Å²) in [6, 6.07) is -0.329. The third-order valence-corrected chi connectivity index (χ3v) is 10.9. The topological polar surface area (TPSA) is 135 Å². The summed E-state index contributed by atoms with van der Waals surface area (Å²) in [7, 11) is 5.79. The minimum Gasteiger partial charge on any atom is -0.459 e. The second-order valence-corrected chi connectivity index (χ2v) is 14.9. The molecule has 4 fully saturated rings. The number of likely N-dealkylation sites (N-methyl/N-ethyl adjacent to an activating group) is 1. The summed E-state index contributed by atoms with van der Waals surface area (Å²) in [5.41, 5.74) is -2.62. The van der Waals surface area contributed by atoms with Crippen LogP contribution in [0.25, 0.3) is 0 Å². The van der Waals surface area contributed by atoms with Crippen molar-refractivity contribution in [3.63, 3.8) is 0 Å². The first kappa shape index (κ1) is 38.0. The molecule has 0 radical (unpaired) electrons. The molecule has 4 heterocycles. The van der Waals surface area contributed by atoms with Gasteiger partial charge in [0, 0.05) is 31.0 Å². The van der Waals surface area contributed by atoms with Gasteiger partial charge in [-0.05, 0) is 93.3 Å². The van der Waals surface area contributed by atoms with Crippen molar-refractivity contribution in [3.8, 4) is 0 Å². The number of nitrogens with zero attached hydrogens (tertiary/aromatic N) is 2. The van der Waals surface area contributed by atoms with E-state index in [1.165, 1.54) is 6.92 Å². The van der Waals surface area contributed by atoms with E-state index in [9.17, 15) is 24.6 Å². The van der Waals surface area contributed by atoms with E-state index in [1.54, 1.807) is 13.8 Å². The first-order valence-corrected chi connectivity index (χ1v) is 16.8. The van der Waals surface area contributed by atoms with E-state index >= 15 is 0 Å². The molecule has 2 N–H and O–H groups in total. The summed E-state index contributed by atoms with van der Waals surface area (Å²) in [5.74, 6) is -3.73. The number of aliphatic hydroxyl groups is 2. The van der Waals surface area contributed by atoms with Crippen LogP contribution < -0.4 is 0 Å². The van der Waals surface area contributed by atoms with Gasteiger partial charge in [0.15, 0.2) is 17.9 Å². The number of Topliss-reactive ketones (excluding diaryl/α,β-unsaturated/α-hetero) is 2. The number of ether oxygens (including phenoxy) is 4. The zero-order chi connectivity index (χ0) is 34.0. The van der Waals surface area contributed by atoms with Crippen LogP contribution in [-0.4, -0.2) is 126 Å². The first-order chi connectivity index (χ1) is 20.8. The Morgan fingerprint density at radius 1 is 1.09 bits per heavy atom. The van der Waals surface area contributed by atoms with Crippen molar-refractivity contribution >= 4 is 17.5 Å². The molecule has 0 saturated carbocycles. The molecule has 2 bridgehead atoms. The summed E-state index contributed by atoms with van der Waals surface area (Å²) in [6.45, 7) is 15.0. The fourth-order valence-corrected chi connectivity index (χ4v) is 7.89. The van der Waals surface area contributed by atoms with Gasteiger partial charge in [-0.1, -0.05) is 20.8 Å². The Hall–Kier alpha value is -1.47. The molecule has 0 aromatic heterocycles. The van der Waals surface area contributed by atoms with Crippen molar-refractivity contribution in [2.75, 3.05) is 34.3 Å². The van der Waals surface area contributed by atoms with Crippen molar-refractivity contribution in [2.24, 2.45) is 23.7 Å². The first-order valence-electron chi connectivity index (χ1n) is 16.8. The van der Waals surface area contributed by atoms with Crippen LogP contribution in [0.1, 0.15) is 87.5 Å². The zero-order valence-corrected chi connectivity index (χ0v) is 29.4. The van der Waals surface area contributed by atoms with Crippen LogP contribution in [0.5, 0.6) is 0 Å². The molecular formula is C34H60N2O9. The van der Waals surface area contributed by atoms with Gasteiger partial charge in [-0.2, -0.15) is 0 Å². The number of carbonyl (C=O) groups excluding carboxylic acids is 3. The Morgan fingerprint density at radius 2 is 1.73 bits per heavy atom. The fourth-order valence-electron chi connectivity index (χ4n) is 7.89. The molecule has 0 aromatic rings. The van der Waals surface area contributed by atoms with Crippen molar-refractivity contribution in [2.45, 2.75) is 141 Å². The molecule has 13 atom stereocenters. The Morgan fingerprint density at radius 3 is 2.33 bits per heavy atom. The Kier molecular flexibility index (Phi) is 12.8. The normalized spacial score (nSPS) is 45.3. The van der Waals surface area contributed by atoms with Gasteiger partial charge in [0.1, 0.15) is 30.3 Å². The molecule has 4 aliphatic rings. The maximum absolute atomic E-state index is 14.1. The van der Waals surface area contributed by atoms with E-state index in [4.69, 9.17) is 18.9 Å². The fraction of sp³-hybridized carbons (Fsp3) is 0.912. The average molecular weight is 641 g/mol. The van der Waals surface area contributed by atoms with Crippen molar-refractivity contribution < 1.29 is 43.5 Å². The molecule has 0 spiro atoms. The summed E-state index contributed by atoms with van der Waals surface area (Å²) in [4.78, 5) is 45.2. The minimum atomic E-state index is -1.44. The maximum Gasteiger partial charge on any atom is 0.316 e. The van der Waals surface area contributed by atoms with Crippen LogP contribution in [0.4, 0.5) is 0 Å². The van der Waals surface area contributed by atoms with E-state index < -0.39 is 59.4 Å². The Labute approximate surface area is 270 Å². The zero-order valence-electron chi connectivity index (χ0n) is 29.4. The second kappa shape index (κ2) is 15.2. The van der Waals surface area contributed by atoms with Crippen LogP contribution in [0.2, 0.25) is 0 Å². The van der Waals surface area contributed by atoms with E-state index in [1.807, 2.05) is 46.8 Å².